The Morgan fingerprint density at radius 3 is 2.62 bits per heavy atom. The molecule has 0 fully saturated rings. The SMILES string of the molecule is O=c1cn[nH]c2c(F)ccc(F)c12. The fourth-order valence-electron chi connectivity index (χ4n) is 1.12. The molecule has 1 aromatic heterocycles. The van der Waals surface area contributed by atoms with E-state index in [4.69, 9.17) is 0 Å². The minimum Gasteiger partial charge on any atom is -0.287 e. The normalized spacial score (nSPS) is 10.6. The maximum Gasteiger partial charge on any atom is 0.211 e. The largest absolute Gasteiger partial charge is 0.287 e. The first-order valence-electron chi connectivity index (χ1n) is 3.51. The van der Waals surface area contributed by atoms with Gasteiger partial charge in [0.1, 0.15) is 17.2 Å². The van der Waals surface area contributed by atoms with E-state index in [0.717, 1.165) is 18.3 Å². The molecule has 0 aliphatic heterocycles. The van der Waals surface area contributed by atoms with E-state index >= 15 is 0 Å². The van der Waals surface area contributed by atoms with Crippen molar-refractivity contribution in [1.82, 2.24) is 10.2 Å². The molecular formula is C8H4F2N2O. The Morgan fingerprint density at radius 2 is 1.92 bits per heavy atom. The third-order valence-electron chi connectivity index (χ3n) is 1.71. The number of hydrogen-bond donors (Lipinski definition) is 1. The van der Waals surface area contributed by atoms with E-state index < -0.39 is 17.1 Å². The Morgan fingerprint density at radius 1 is 1.23 bits per heavy atom. The average molecular weight is 182 g/mol. The maximum atomic E-state index is 13.0. The fraction of sp³-hybridized carbons (Fsp3) is 0. The molecule has 5 heteroatoms. The molecule has 0 amide bonds. The van der Waals surface area contributed by atoms with Crippen molar-refractivity contribution in [2.45, 2.75) is 0 Å². The van der Waals surface area contributed by atoms with Crippen LogP contribution in [0, 0.1) is 11.6 Å². The van der Waals surface area contributed by atoms with Gasteiger partial charge < -0.3 is 0 Å². The van der Waals surface area contributed by atoms with Crippen molar-refractivity contribution in [2.75, 3.05) is 0 Å². The number of benzene rings is 1. The van der Waals surface area contributed by atoms with E-state index in [0.29, 0.717) is 0 Å². The third-order valence-corrected chi connectivity index (χ3v) is 1.71. The van der Waals surface area contributed by atoms with Crippen molar-refractivity contribution < 1.29 is 8.78 Å². The Hall–Kier alpha value is -1.78. The molecule has 0 saturated carbocycles. The average Bonchev–Trinajstić information content (AvgIpc) is 2.12. The zero-order valence-corrected chi connectivity index (χ0v) is 6.34. The Balaban J connectivity index is 3.09. The Bertz CT molecular complexity index is 521. The van der Waals surface area contributed by atoms with Crippen LogP contribution in [0.15, 0.2) is 23.1 Å². The molecule has 2 rings (SSSR count). The topological polar surface area (TPSA) is 45.8 Å². The second-order valence-electron chi connectivity index (χ2n) is 2.51. The van der Waals surface area contributed by atoms with Gasteiger partial charge in [0.2, 0.25) is 5.43 Å². The highest BCUT2D eigenvalue weighted by Gasteiger charge is 2.08. The summed E-state index contributed by atoms with van der Waals surface area (Å²) in [7, 11) is 0. The smallest absolute Gasteiger partial charge is 0.211 e. The summed E-state index contributed by atoms with van der Waals surface area (Å²) in [6, 6.07) is 1.85. The van der Waals surface area contributed by atoms with E-state index in [1.54, 1.807) is 0 Å². The van der Waals surface area contributed by atoms with Gasteiger partial charge in [0.15, 0.2) is 0 Å². The lowest BCUT2D eigenvalue weighted by Crippen LogP contribution is -2.06. The third kappa shape index (κ3) is 1.09. The number of nitrogens with one attached hydrogen (secondary N) is 1. The van der Waals surface area contributed by atoms with Crippen LogP contribution in [0.5, 0.6) is 0 Å². The first kappa shape index (κ1) is 7.85. The van der Waals surface area contributed by atoms with E-state index in [1.165, 1.54) is 0 Å². The van der Waals surface area contributed by atoms with Crippen LogP contribution in [0.4, 0.5) is 8.78 Å². The lowest BCUT2D eigenvalue weighted by atomic mass is 10.2. The Kier molecular flexibility index (Phi) is 1.58. The predicted octanol–water partition coefficient (Wildman–Crippen LogP) is 1.20. The second kappa shape index (κ2) is 2.62. The molecule has 3 nitrogen and oxygen atoms in total. The van der Waals surface area contributed by atoms with E-state index in [-0.39, 0.29) is 10.9 Å². The van der Waals surface area contributed by atoms with Crippen molar-refractivity contribution in [1.29, 1.82) is 0 Å². The van der Waals surface area contributed by atoms with Crippen molar-refractivity contribution in [3.63, 3.8) is 0 Å². The Labute approximate surface area is 71.0 Å². The molecule has 0 atom stereocenters. The monoisotopic (exact) mass is 182 g/mol. The van der Waals surface area contributed by atoms with Gasteiger partial charge >= 0.3 is 0 Å². The number of fused-ring (bicyclic) bond motifs is 1. The molecule has 0 aliphatic carbocycles. The molecule has 2 aromatic rings. The summed E-state index contributed by atoms with van der Waals surface area (Å²) in [5.41, 5.74) is -0.835. The first-order valence-corrected chi connectivity index (χ1v) is 3.51. The molecule has 13 heavy (non-hydrogen) atoms. The van der Waals surface area contributed by atoms with Gasteiger partial charge in [0, 0.05) is 0 Å². The van der Waals surface area contributed by atoms with Crippen LogP contribution < -0.4 is 5.43 Å². The van der Waals surface area contributed by atoms with Crippen LogP contribution in [-0.4, -0.2) is 10.2 Å². The quantitative estimate of drug-likeness (QED) is 0.665. The van der Waals surface area contributed by atoms with Crippen molar-refractivity contribution in [3.05, 3.63) is 40.2 Å². The van der Waals surface area contributed by atoms with E-state index in [2.05, 4.69) is 10.2 Å². The molecule has 0 bridgehead atoms. The summed E-state index contributed by atoms with van der Waals surface area (Å²) >= 11 is 0. The summed E-state index contributed by atoms with van der Waals surface area (Å²) in [4.78, 5) is 11.1. The molecule has 0 saturated heterocycles. The first-order chi connectivity index (χ1) is 6.20. The van der Waals surface area contributed by atoms with Gasteiger partial charge in [0.05, 0.1) is 11.6 Å². The summed E-state index contributed by atoms with van der Waals surface area (Å²) in [6.07, 6.45) is 0.908. The molecular weight excluding hydrogens is 178 g/mol. The summed E-state index contributed by atoms with van der Waals surface area (Å²) in [5, 5.41) is 5.31. The highest BCUT2D eigenvalue weighted by molar-refractivity contribution is 5.78. The number of rotatable bonds is 0. The van der Waals surface area contributed by atoms with Gasteiger partial charge in [-0.25, -0.2) is 8.78 Å². The number of aromatic nitrogens is 2. The van der Waals surface area contributed by atoms with Gasteiger partial charge in [-0.05, 0) is 12.1 Å². The van der Waals surface area contributed by atoms with Crippen LogP contribution >= 0.6 is 0 Å². The molecule has 1 N–H and O–H groups in total. The number of halogens is 2. The van der Waals surface area contributed by atoms with Gasteiger partial charge in [0.25, 0.3) is 0 Å². The zero-order chi connectivity index (χ0) is 9.42. The van der Waals surface area contributed by atoms with Crippen molar-refractivity contribution >= 4 is 10.9 Å². The minimum atomic E-state index is -0.750. The number of H-pyrrole nitrogens is 1. The lowest BCUT2D eigenvalue weighted by Gasteiger charge is -1.97. The molecule has 0 unspecified atom stereocenters. The number of hydrogen-bond acceptors (Lipinski definition) is 2. The van der Waals surface area contributed by atoms with Crippen LogP contribution in [0.2, 0.25) is 0 Å². The molecule has 0 spiro atoms. The maximum absolute atomic E-state index is 13.0. The van der Waals surface area contributed by atoms with Crippen LogP contribution in [0.1, 0.15) is 0 Å². The number of aromatic amines is 1. The molecule has 0 aliphatic rings. The summed E-state index contributed by atoms with van der Waals surface area (Å²) < 4.78 is 26.0. The molecule has 0 radical (unpaired) electrons. The van der Waals surface area contributed by atoms with Gasteiger partial charge in [-0.3, -0.25) is 9.89 Å². The predicted molar refractivity (Wildman–Crippen MR) is 42.3 cm³/mol. The van der Waals surface area contributed by atoms with Gasteiger partial charge in [-0.15, -0.1) is 0 Å². The van der Waals surface area contributed by atoms with Gasteiger partial charge in [-0.1, -0.05) is 0 Å². The van der Waals surface area contributed by atoms with Crippen molar-refractivity contribution in [2.24, 2.45) is 0 Å². The molecule has 1 heterocycles. The standard InChI is InChI=1S/C8H4F2N2O/c9-4-1-2-5(10)8-7(4)6(13)3-11-12-8/h1-3H,(H,12,13). The molecule has 66 valence electrons. The summed E-state index contributed by atoms with van der Waals surface area (Å²) in [5.74, 6) is -1.44. The second-order valence-corrected chi connectivity index (χ2v) is 2.51. The van der Waals surface area contributed by atoms with E-state index in [9.17, 15) is 13.6 Å². The minimum absolute atomic E-state index is 0.201. The fourth-order valence-corrected chi connectivity index (χ4v) is 1.12. The van der Waals surface area contributed by atoms with Crippen molar-refractivity contribution in [3.8, 4) is 0 Å². The highest BCUT2D eigenvalue weighted by Crippen LogP contribution is 2.13. The van der Waals surface area contributed by atoms with Crippen LogP contribution in [0.3, 0.4) is 0 Å². The zero-order valence-electron chi connectivity index (χ0n) is 6.34. The summed E-state index contributed by atoms with van der Waals surface area (Å²) in [6.45, 7) is 0. The molecule has 1 aromatic carbocycles. The van der Waals surface area contributed by atoms with Crippen LogP contribution in [0.25, 0.3) is 10.9 Å². The number of nitrogens with zero attached hydrogens (tertiary/aromatic N) is 1. The lowest BCUT2D eigenvalue weighted by molar-refractivity contribution is 0.613. The van der Waals surface area contributed by atoms with Gasteiger partial charge in [-0.2, -0.15) is 5.10 Å². The van der Waals surface area contributed by atoms with Crippen LogP contribution in [-0.2, 0) is 0 Å². The van der Waals surface area contributed by atoms with E-state index in [1.807, 2.05) is 0 Å². The highest BCUT2D eigenvalue weighted by atomic mass is 19.1.